The average molecular weight is 289 g/mol. The van der Waals surface area contributed by atoms with Crippen molar-refractivity contribution in [2.75, 3.05) is 7.11 Å². The molecule has 0 amide bonds. The van der Waals surface area contributed by atoms with Crippen LogP contribution >= 0.6 is 15.9 Å². The Labute approximate surface area is 109 Å². The molecule has 1 aliphatic heterocycles. The Morgan fingerprint density at radius 3 is 2.76 bits per heavy atom. The lowest BCUT2D eigenvalue weighted by atomic mass is 9.72. The zero-order valence-corrected chi connectivity index (χ0v) is 10.9. The largest absolute Gasteiger partial charge is 0.563 e. The zero-order valence-electron chi connectivity index (χ0n) is 9.31. The number of hydrogen-bond acceptors (Lipinski definition) is 2. The Kier molecular flexibility index (Phi) is 2.69. The van der Waals surface area contributed by atoms with E-state index in [1.165, 1.54) is 0 Å². The van der Waals surface area contributed by atoms with Crippen LogP contribution in [0.3, 0.4) is 0 Å². The van der Waals surface area contributed by atoms with Gasteiger partial charge in [-0.3, -0.25) is 0 Å². The van der Waals surface area contributed by atoms with Crippen molar-refractivity contribution in [1.82, 2.24) is 0 Å². The van der Waals surface area contributed by atoms with Crippen LogP contribution in [0.2, 0.25) is 0 Å². The van der Waals surface area contributed by atoms with E-state index in [0.29, 0.717) is 0 Å². The molecule has 0 atom stereocenters. The second-order valence-electron chi connectivity index (χ2n) is 3.91. The molecule has 0 fully saturated rings. The molecule has 0 bridgehead atoms. The van der Waals surface area contributed by atoms with Gasteiger partial charge in [0.15, 0.2) is 0 Å². The fourth-order valence-corrected chi connectivity index (χ4v) is 2.47. The van der Waals surface area contributed by atoms with Crippen LogP contribution in [0.5, 0.6) is 5.75 Å². The number of hydrogen-bond donors (Lipinski definition) is 0. The maximum absolute atomic E-state index is 5.81. The summed E-state index contributed by atoms with van der Waals surface area (Å²) in [6, 6.07) is 14.1. The highest BCUT2D eigenvalue weighted by Gasteiger charge is 2.31. The van der Waals surface area contributed by atoms with Crippen LogP contribution < -0.4 is 10.1 Å². The van der Waals surface area contributed by atoms with E-state index in [9.17, 15) is 0 Å². The second kappa shape index (κ2) is 4.20. The monoisotopic (exact) mass is 288 g/mol. The fourth-order valence-electron chi connectivity index (χ4n) is 2.11. The van der Waals surface area contributed by atoms with Crippen LogP contribution in [0.15, 0.2) is 46.9 Å². The zero-order chi connectivity index (χ0) is 11.8. The maximum Gasteiger partial charge on any atom is 0.563 e. The van der Waals surface area contributed by atoms with Gasteiger partial charge in [0.25, 0.3) is 0 Å². The molecule has 1 aliphatic rings. The average Bonchev–Trinajstić information content (AvgIpc) is 2.37. The minimum atomic E-state index is -0.326. The summed E-state index contributed by atoms with van der Waals surface area (Å²) in [5.74, 6) is 0.866. The van der Waals surface area contributed by atoms with Gasteiger partial charge in [-0.1, -0.05) is 40.2 Å². The van der Waals surface area contributed by atoms with Crippen LogP contribution in [0.4, 0.5) is 0 Å². The summed E-state index contributed by atoms with van der Waals surface area (Å²) in [6.07, 6.45) is 0. The SMILES string of the molecule is COB1Oc2ccccc2-c2cc(Br)ccc21. The highest BCUT2D eigenvalue weighted by Crippen LogP contribution is 2.34. The molecule has 4 heteroatoms. The highest BCUT2D eigenvalue weighted by atomic mass is 79.9. The van der Waals surface area contributed by atoms with Crippen molar-refractivity contribution in [3.8, 4) is 16.9 Å². The summed E-state index contributed by atoms with van der Waals surface area (Å²) in [5, 5.41) is 0. The fraction of sp³-hybridized carbons (Fsp3) is 0.0769. The molecule has 0 spiro atoms. The summed E-state index contributed by atoms with van der Waals surface area (Å²) in [6.45, 7) is 0. The first kappa shape index (κ1) is 10.9. The minimum absolute atomic E-state index is 0.326. The first-order valence-electron chi connectivity index (χ1n) is 5.38. The molecular formula is C13H10BBrO2. The smallest absolute Gasteiger partial charge is 0.532 e. The summed E-state index contributed by atoms with van der Waals surface area (Å²) in [5.41, 5.74) is 3.33. The number of benzene rings is 2. The van der Waals surface area contributed by atoms with Crippen molar-refractivity contribution in [3.63, 3.8) is 0 Å². The van der Waals surface area contributed by atoms with Crippen LogP contribution in [-0.4, -0.2) is 14.2 Å². The van der Waals surface area contributed by atoms with Gasteiger partial charge in [0.1, 0.15) is 5.75 Å². The molecule has 3 rings (SSSR count). The van der Waals surface area contributed by atoms with Crippen molar-refractivity contribution in [2.24, 2.45) is 0 Å². The summed E-state index contributed by atoms with van der Waals surface area (Å²) in [7, 11) is 1.33. The van der Waals surface area contributed by atoms with Gasteiger partial charge in [0.2, 0.25) is 0 Å². The predicted octanol–water partition coefficient (Wildman–Crippen LogP) is 2.85. The third-order valence-electron chi connectivity index (χ3n) is 2.89. The van der Waals surface area contributed by atoms with Gasteiger partial charge in [-0.15, -0.1) is 0 Å². The lowest BCUT2D eigenvalue weighted by Gasteiger charge is -2.24. The molecule has 0 saturated carbocycles. The standard InChI is InChI=1S/C13H10BBrO2/c1-16-14-12-7-6-9(15)8-11(12)10-4-2-3-5-13(10)17-14/h2-8H,1H3. The van der Waals surface area contributed by atoms with Crippen molar-refractivity contribution in [1.29, 1.82) is 0 Å². The Bertz CT molecular complexity index is 571. The molecule has 0 aliphatic carbocycles. The topological polar surface area (TPSA) is 18.5 Å². The maximum atomic E-state index is 5.81. The van der Waals surface area contributed by atoms with Gasteiger partial charge in [0.05, 0.1) is 0 Å². The van der Waals surface area contributed by atoms with Gasteiger partial charge in [-0.25, -0.2) is 0 Å². The van der Waals surface area contributed by atoms with E-state index in [1.807, 2.05) is 30.3 Å². The third kappa shape index (κ3) is 1.77. The lowest BCUT2D eigenvalue weighted by molar-refractivity contribution is 0.347. The predicted molar refractivity (Wildman–Crippen MR) is 72.6 cm³/mol. The Morgan fingerprint density at radius 1 is 1.12 bits per heavy atom. The second-order valence-corrected chi connectivity index (χ2v) is 4.83. The normalized spacial score (nSPS) is 12.7. The lowest BCUT2D eigenvalue weighted by Crippen LogP contribution is -2.42. The van der Waals surface area contributed by atoms with Gasteiger partial charge in [-0.2, -0.15) is 0 Å². The van der Waals surface area contributed by atoms with Crippen LogP contribution in [0, 0.1) is 0 Å². The van der Waals surface area contributed by atoms with E-state index in [0.717, 1.165) is 26.8 Å². The summed E-state index contributed by atoms with van der Waals surface area (Å²) >= 11 is 3.50. The van der Waals surface area contributed by atoms with E-state index >= 15 is 0 Å². The molecule has 0 aromatic heterocycles. The Morgan fingerprint density at radius 2 is 1.94 bits per heavy atom. The van der Waals surface area contributed by atoms with Crippen molar-refractivity contribution in [2.45, 2.75) is 0 Å². The van der Waals surface area contributed by atoms with Gasteiger partial charge >= 0.3 is 7.12 Å². The van der Waals surface area contributed by atoms with E-state index in [2.05, 4.69) is 28.1 Å². The first-order chi connectivity index (χ1) is 8.29. The summed E-state index contributed by atoms with van der Waals surface area (Å²) in [4.78, 5) is 0. The molecule has 0 saturated heterocycles. The van der Waals surface area contributed by atoms with Crippen LogP contribution in [0.1, 0.15) is 0 Å². The molecule has 0 radical (unpaired) electrons. The third-order valence-corrected chi connectivity index (χ3v) is 3.39. The number of rotatable bonds is 1. The van der Waals surface area contributed by atoms with Crippen molar-refractivity contribution < 1.29 is 9.31 Å². The van der Waals surface area contributed by atoms with E-state index < -0.39 is 0 Å². The summed E-state index contributed by atoms with van der Waals surface area (Å²) < 4.78 is 12.2. The van der Waals surface area contributed by atoms with Gasteiger partial charge in [0, 0.05) is 22.6 Å². The molecule has 84 valence electrons. The first-order valence-corrected chi connectivity index (χ1v) is 6.17. The van der Waals surface area contributed by atoms with Crippen LogP contribution in [0.25, 0.3) is 11.1 Å². The Balaban J connectivity index is 2.26. The minimum Gasteiger partial charge on any atom is -0.532 e. The quantitative estimate of drug-likeness (QED) is 0.752. The van der Waals surface area contributed by atoms with E-state index in [4.69, 9.17) is 9.31 Å². The van der Waals surface area contributed by atoms with Crippen LogP contribution in [-0.2, 0) is 4.65 Å². The Hall–Kier alpha value is -1.26. The highest BCUT2D eigenvalue weighted by molar-refractivity contribution is 9.10. The molecular weight excluding hydrogens is 279 g/mol. The molecule has 17 heavy (non-hydrogen) atoms. The molecule has 0 N–H and O–H groups in total. The molecule has 2 aromatic rings. The van der Waals surface area contributed by atoms with Gasteiger partial charge in [-0.05, 0) is 23.8 Å². The number of fused-ring (bicyclic) bond motifs is 3. The molecule has 2 aromatic carbocycles. The number of para-hydroxylation sites is 1. The molecule has 2 nitrogen and oxygen atoms in total. The van der Waals surface area contributed by atoms with Crippen molar-refractivity contribution >= 4 is 28.5 Å². The molecule has 1 heterocycles. The van der Waals surface area contributed by atoms with E-state index in [-0.39, 0.29) is 7.12 Å². The number of halogens is 1. The van der Waals surface area contributed by atoms with E-state index in [1.54, 1.807) is 7.11 Å². The van der Waals surface area contributed by atoms with Gasteiger partial charge < -0.3 is 9.31 Å². The van der Waals surface area contributed by atoms with Crippen molar-refractivity contribution in [3.05, 3.63) is 46.9 Å². The molecule has 0 unspecified atom stereocenters.